The van der Waals surface area contributed by atoms with Crippen LogP contribution in [-0.2, 0) is 9.53 Å². The molecule has 0 aliphatic heterocycles. The maximum atomic E-state index is 12.8. The number of esters is 1. The number of methoxy groups -OCH3 is 2. The highest BCUT2D eigenvalue weighted by atomic mass is 16.6. The molecular formula is C23H28N2O6. The smallest absolute Gasteiger partial charge is 0.343 e. The molecule has 0 radical (unpaired) electrons. The minimum atomic E-state index is -0.514. The Hall–Kier alpha value is -3.29. The van der Waals surface area contributed by atoms with Crippen LogP contribution < -0.4 is 19.5 Å². The Morgan fingerprint density at radius 2 is 1.84 bits per heavy atom. The molecule has 0 spiro atoms. The van der Waals surface area contributed by atoms with Crippen molar-refractivity contribution >= 4 is 17.7 Å². The summed E-state index contributed by atoms with van der Waals surface area (Å²) < 4.78 is 21.2. The first-order chi connectivity index (χ1) is 15.1. The zero-order valence-electron chi connectivity index (χ0n) is 17.9. The minimum absolute atomic E-state index is 0.256. The number of nitrogens with one attached hydrogen (secondary N) is 1. The Kier molecular flexibility index (Phi) is 8.09. The van der Waals surface area contributed by atoms with Crippen molar-refractivity contribution < 1.29 is 28.5 Å². The second-order valence-electron chi connectivity index (χ2n) is 7.35. The van der Waals surface area contributed by atoms with E-state index < -0.39 is 5.97 Å². The molecule has 3 rings (SSSR count). The maximum Gasteiger partial charge on any atom is 0.343 e. The molecule has 1 aliphatic carbocycles. The van der Waals surface area contributed by atoms with Gasteiger partial charge in [0.1, 0.15) is 0 Å². The van der Waals surface area contributed by atoms with Crippen LogP contribution in [0.2, 0.25) is 0 Å². The lowest BCUT2D eigenvalue weighted by molar-refractivity contribution is -0.142. The largest absolute Gasteiger partial charge is 0.493 e. The predicted octanol–water partition coefficient (Wildman–Crippen LogP) is 3.85. The van der Waals surface area contributed by atoms with Gasteiger partial charge in [-0.15, -0.1) is 0 Å². The van der Waals surface area contributed by atoms with Crippen molar-refractivity contribution in [1.29, 1.82) is 0 Å². The van der Waals surface area contributed by atoms with E-state index in [1.54, 1.807) is 30.5 Å². The topological polar surface area (TPSA) is 96.0 Å². The van der Waals surface area contributed by atoms with E-state index in [1.165, 1.54) is 52.4 Å². The van der Waals surface area contributed by atoms with Crippen LogP contribution in [0, 0.1) is 5.92 Å². The Morgan fingerprint density at radius 3 is 2.58 bits per heavy atom. The number of benzene rings is 1. The van der Waals surface area contributed by atoms with Gasteiger partial charge in [0.15, 0.2) is 29.7 Å². The van der Waals surface area contributed by atoms with Crippen LogP contribution in [0.5, 0.6) is 17.2 Å². The van der Waals surface area contributed by atoms with E-state index in [-0.39, 0.29) is 12.5 Å². The SMILES string of the molecule is COC(=O)COc1ccc(C(=O)Nc2ncccc2OCC2CCCCC2)cc1OC. The fraction of sp³-hybridized carbons (Fsp3) is 0.435. The Labute approximate surface area is 181 Å². The Morgan fingerprint density at radius 1 is 1.03 bits per heavy atom. The zero-order valence-corrected chi connectivity index (χ0v) is 17.9. The molecule has 1 heterocycles. The van der Waals surface area contributed by atoms with Crippen LogP contribution in [-0.4, -0.2) is 44.3 Å². The van der Waals surface area contributed by atoms with Crippen LogP contribution in [0.15, 0.2) is 36.5 Å². The van der Waals surface area contributed by atoms with Crippen LogP contribution in [0.4, 0.5) is 5.82 Å². The molecule has 0 unspecified atom stereocenters. The zero-order chi connectivity index (χ0) is 22.1. The first-order valence-electron chi connectivity index (χ1n) is 10.4. The molecule has 1 N–H and O–H groups in total. The highest BCUT2D eigenvalue weighted by Crippen LogP contribution is 2.30. The van der Waals surface area contributed by atoms with Gasteiger partial charge in [-0.25, -0.2) is 9.78 Å². The van der Waals surface area contributed by atoms with Gasteiger partial charge in [-0.05, 0) is 49.1 Å². The number of rotatable bonds is 9. The highest BCUT2D eigenvalue weighted by Gasteiger charge is 2.17. The third-order valence-electron chi connectivity index (χ3n) is 5.20. The first-order valence-corrected chi connectivity index (χ1v) is 10.4. The molecule has 1 fully saturated rings. The molecule has 8 heteroatoms. The average Bonchev–Trinajstić information content (AvgIpc) is 2.82. The number of hydrogen-bond acceptors (Lipinski definition) is 7. The van der Waals surface area contributed by atoms with Gasteiger partial charge in [-0.1, -0.05) is 19.3 Å². The Bertz CT molecular complexity index is 895. The molecule has 0 atom stereocenters. The third-order valence-corrected chi connectivity index (χ3v) is 5.20. The molecule has 1 amide bonds. The lowest BCUT2D eigenvalue weighted by Crippen LogP contribution is -2.18. The molecule has 31 heavy (non-hydrogen) atoms. The van der Waals surface area contributed by atoms with Crippen molar-refractivity contribution in [2.24, 2.45) is 5.92 Å². The number of aromatic nitrogens is 1. The number of hydrogen-bond donors (Lipinski definition) is 1. The van der Waals surface area contributed by atoms with E-state index in [2.05, 4.69) is 15.0 Å². The normalized spacial score (nSPS) is 13.9. The van der Waals surface area contributed by atoms with Gasteiger partial charge in [-0.3, -0.25) is 4.79 Å². The predicted molar refractivity (Wildman–Crippen MR) is 115 cm³/mol. The number of nitrogens with zero attached hydrogens (tertiary/aromatic N) is 1. The summed E-state index contributed by atoms with van der Waals surface area (Å²) in [4.78, 5) is 28.3. The van der Waals surface area contributed by atoms with E-state index in [9.17, 15) is 9.59 Å². The third kappa shape index (κ3) is 6.34. The van der Waals surface area contributed by atoms with Crippen molar-refractivity contribution in [3.8, 4) is 17.2 Å². The summed E-state index contributed by atoms with van der Waals surface area (Å²) in [5.74, 6) is 1.24. The summed E-state index contributed by atoms with van der Waals surface area (Å²) in [5, 5.41) is 2.80. The monoisotopic (exact) mass is 428 g/mol. The van der Waals surface area contributed by atoms with Crippen LogP contribution in [0.1, 0.15) is 42.5 Å². The maximum absolute atomic E-state index is 12.8. The van der Waals surface area contributed by atoms with Gasteiger partial charge in [-0.2, -0.15) is 0 Å². The van der Waals surface area contributed by atoms with Crippen LogP contribution >= 0.6 is 0 Å². The lowest BCUT2D eigenvalue weighted by atomic mass is 9.90. The van der Waals surface area contributed by atoms with Crippen molar-refractivity contribution in [3.05, 3.63) is 42.1 Å². The number of carbonyl (C=O) groups excluding carboxylic acids is 2. The number of anilines is 1. The van der Waals surface area contributed by atoms with E-state index >= 15 is 0 Å². The molecule has 1 aliphatic rings. The number of pyridine rings is 1. The molecule has 1 saturated carbocycles. The van der Waals surface area contributed by atoms with Gasteiger partial charge in [0, 0.05) is 11.8 Å². The molecular weight excluding hydrogens is 400 g/mol. The van der Waals surface area contributed by atoms with Crippen molar-refractivity contribution in [3.63, 3.8) is 0 Å². The lowest BCUT2D eigenvalue weighted by Gasteiger charge is -2.22. The van der Waals surface area contributed by atoms with E-state index in [0.717, 1.165) is 0 Å². The molecule has 2 aromatic rings. The number of amides is 1. The number of ether oxygens (including phenoxy) is 4. The fourth-order valence-corrected chi connectivity index (χ4v) is 3.47. The Balaban J connectivity index is 1.66. The van der Waals surface area contributed by atoms with Gasteiger partial charge >= 0.3 is 5.97 Å². The first kappa shape index (κ1) is 22.4. The fourth-order valence-electron chi connectivity index (χ4n) is 3.47. The van der Waals surface area contributed by atoms with Crippen molar-refractivity contribution in [2.75, 3.05) is 32.8 Å². The summed E-state index contributed by atoms with van der Waals surface area (Å²) in [6.07, 6.45) is 7.73. The number of carbonyl (C=O) groups is 2. The van der Waals surface area contributed by atoms with Crippen LogP contribution in [0.3, 0.4) is 0 Å². The van der Waals surface area contributed by atoms with E-state index in [4.69, 9.17) is 14.2 Å². The second kappa shape index (κ2) is 11.2. The van der Waals surface area contributed by atoms with Gasteiger partial charge in [0.2, 0.25) is 0 Å². The average molecular weight is 428 g/mol. The van der Waals surface area contributed by atoms with E-state index in [0.29, 0.717) is 41.2 Å². The second-order valence-corrected chi connectivity index (χ2v) is 7.35. The minimum Gasteiger partial charge on any atom is -0.493 e. The van der Waals surface area contributed by atoms with Gasteiger partial charge in [0.05, 0.1) is 20.8 Å². The van der Waals surface area contributed by atoms with E-state index in [1.807, 2.05) is 0 Å². The molecule has 1 aromatic carbocycles. The summed E-state index contributed by atoms with van der Waals surface area (Å²) >= 11 is 0. The molecule has 0 bridgehead atoms. The quantitative estimate of drug-likeness (QED) is 0.606. The van der Waals surface area contributed by atoms with Gasteiger partial charge in [0.25, 0.3) is 5.91 Å². The highest BCUT2D eigenvalue weighted by molar-refractivity contribution is 6.04. The van der Waals surface area contributed by atoms with Crippen LogP contribution in [0.25, 0.3) is 0 Å². The molecule has 166 valence electrons. The summed E-state index contributed by atoms with van der Waals surface area (Å²) in [6.45, 7) is 0.364. The summed E-state index contributed by atoms with van der Waals surface area (Å²) in [6, 6.07) is 8.26. The van der Waals surface area contributed by atoms with Crippen molar-refractivity contribution in [2.45, 2.75) is 32.1 Å². The van der Waals surface area contributed by atoms with Crippen molar-refractivity contribution in [1.82, 2.24) is 4.98 Å². The van der Waals surface area contributed by atoms with Gasteiger partial charge < -0.3 is 24.3 Å². The standard InChI is InChI=1S/C23H28N2O6/c1-28-20-13-17(10-11-18(20)31-15-21(26)29-2)23(27)25-22-19(9-6-12-24-22)30-14-16-7-4-3-5-8-16/h6,9-13,16H,3-5,7-8,14-15H2,1-2H3,(H,24,25,27). The molecule has 0 saturated heterocycles. The molecule has 1 aromatic heterocycles. The summed E-state index contributed by atoms with van der Waals surface area (Å²) in [5.41, 5.74) is 0.353. The molecule has 8 nitrogen and oxygen atoms in total. The summed E-state index contributed by atoms with van der Waals surface area (Å²) in [7, 11) is 2.74.